The molecule has 0 aromatic heterocycles. The lowest BCUT2D eigenvalue weighted by Gasteiger charge is -2.26. The van der Waals surface area contributed by atoms with E-state index in [1.807, 2.05) is 24.3 Å². The molecule has 0 spiro atoms. The van der Waals surface area contributed by atoms with Crippen molar-refractivity contribution in [2.75, 3.05) is 11.7 Å². The van der Waals surface area contributed by atoms with E-state index >= 15 is 0 Å². The number of anilines is 1. The Balaban J connectivity index is 1.70. The molecule has 3 aromatic rings. The third-order valence-electron chi connectivity index (χ3n) is 6.27. The van der Waals surface area contributed by atoms with Gasteiger partial charge in [0.25, 0.3) is 11.7 Å². The Morgan fingerprint density at radius 2 is 1.69 bits per heavy atom. The molecule has 2 aliphatic rings. The lowest BCUT2D eigenvalue weighted by atomic mass is 9.85. The maximum Gasteiger partial charge on any atom is 0.300 e. The number of rotatable bonds is 3. The van der Waals surface area contributed by atoms with E-state index in [0.29, 0.717) is 33.3 Å². The van der Waals surface area contributed by atoms with Crippen molar-refractivity contribution in [2.24, 2.45) is 0 Å². The van der Waals surface area contributed by atoms with Crippen LogP contribution in [0.15, 0.2) is 72.3 Å². The van der Waals surface area contributed by atoms with Gasteiger partial charge in [-0.2, -0.15) is 0 Å². The van der Waals surface area contributed by atoms with E-state index in [9.17, 15) is 14.7 Å². The molecule has 2 aliphatic heterocycles. The molecule has 7 heteroatoms. The van der Waals surface area contributed by atoms with Crippen LogP contribution in [0, 0.1) is 0 Å². The maximum absolute atomic E-state index is 13.4. The number of aliphatic hydroxyl groups is 1. The molecule has 2 heterocycles. The number of Topliss-reactive ketones (excluding diaryl/α,β-unsaturated/α-hetero) is 1. The van der Waals surface area contributed by atoms with Gasteiger partial charge in [0, 0.05) is 22.3 Å². The fourth-order valence-corrected chi connectivity index (χ4v) is 4.60. The molecule has 0 radical (unpaired) electrons. The Hall–Kier alpha value is -3.77. The molecule has 6 nitrogen and oxygen atoms in total. The minimum Gasteiger partial charge on any atom is -0.507 e. The normalized spacial score (nSPS) is 18.9. The highest BCUT2D eigenvalue weighted by atomic mass is 35.5. The van der Waals surface area contributed by atoms with Crippen molar-refractivity contribution in [1.82, 2.24) is 0 Å². The highest BCUT2D eigenvalue weighted by Gasteiger charge is 2.47. The molecule has 0 bridgehead atoms. The van der Waals surface area contributed by atoms with Crippen LogP contribution in [0.3, 0.4) is 0 Å². The van der Waals surface area contributed by atoms with Gasteiger partial charge < -0.3 is 14.6 Å². The van der Waals surface area contributed by atoms with Crippen LogP contribution in [0.5, 0.6) is 11.5 Å². The van der Waals surface area contributed by atoms with Crippen LogP contribution >= 0.6 is 11.6 Å². The fraction of sp³-hybridized carbons (Fsp3) is 0.214. The first kappa shape index (κ1) is 23.0. The summed E-state index contributed by atoms with van der Waals surface area (Å²) in [6.07, 6.45) is 0. The van der Waals surface area contributed by atoms with E-state index in [2.05, 4.69) is 20.8 Å². The number of ketones is 1. The minimum absolute atomic E-state index is 0.00144. The summed E-state index contributed by atoms with van der Waals surface area (Å²) in [5.41, 5.74) is 2.55. The Morgan fingerprint density at radius 1 is 0.971 bits per heavy atom. The second-order valence-corrected chi connectivity index (χ2v) is 10.0. The van der Waals surface area contributed by atoms with E-state index in [1.54, 1.807) is 42.5 Å². The smallest absolute Gasteiger partial charge is 0.300 e. The van der Waals surface area contributed by atoms with Gasteiger partial charge in [0.1, 0.15) is 5.76 Å². The predicted molar refractivity (Wildman–Crippen MR) is 134 cm³/mol. The maximum atomic E-state index is 13.4. The first-order valence-electron chi connectivity index (χ1n) is 11.2. The van der Waals surface area contributed by atoms with Gasteiger partial charge >= 0.3 is 0 Å². The number of aliphatic hydroxyl groups excluding tert-OH is 1. The van der Waals surface area contributed by atoms with Crippen LogP contribution in [-0.4, -0.2) is 23.6 Å². The third kappa shape index (κ3) is 4.04. The fourth-order valence-electron chi connectivity index (χ4n) is 4.41. The summed E-state index contributed by atoms with van der Waals surface area (Å²) in [5, 5.41) is 11.7. The molecule has 1 unspecified atom stereocenters. The molecule has 5 rings (SSSR count). The van der Waals surface area contributed by atoms with Crippen molar-refractivity contribution in [1.29, 1.82) is 0 Å². The number of amides is 1. The van der Waals surface area contributed by atoms with Crippen LogP contribution in [0.1, 0.15) is 43.5 Å². The van der Waals surface area contributed by atoms with Crippen LogP contribution in [0.25, 0.3) is 5.76 Å². The summed E-state index contributed by atoms with van der Waals surface area (Å²) >= 11 is 6.13. The van der Waals surface area contributed by atoms with Crippen molar-refractivity contribution >= 4 is 34.7 Å². The summed E-state index contributed by atoms with van der Waals surface area (Å²) in [6, 6.07) is 18.5. The first-order chi connectivity index (χ1) is 16.6. The standard InChI is InChI=1S/C28H24ClNO5/c1-28(2,3)18-9-7-16(8-10-18)24-23(25(31)17-5-4-6-19(29)13-17)26(32)27(33)30(24)20-11-12-21-22(14-20)35-15-34-21/h4-14,24,31H,15H2,1-3H3/b25-23+. The molecule has 1 N–H and O–H groups in total. The minimum atomic E-state index is -0.844. The molecule has 35 heavy (non-hydrogen) atoms. The quantitative estimate of drug-likeness (QED) is 0.278. The number of ether oxygens (including phenoxy) is 2. The number of halogens is 1. The summed E-state index contributed by atoms with van der Waals surface area (Å²) in [6.45, 7) is 6.42. The third-order valence-corrected chi connectivity index (χ3v) is 6.50. The van der Waals surface area contributed by atoms with Gasteiger partial charge in [-0.3, -0.25) is 14.5 Å². The van der Waals surface area contributed by atoms with E-state index in [1.165, 1.54) is 4.90 Å². The highest BCUT2D eigenvalue weighted by molar-refractivity contribution is 6.51. The lowest BCUT2D eigenvalue weighted by Crippen LogP contribution is -2.29. The van der Waals surface area contributed by atoms with Gasteiger partial charge in [0.05, 0.1) is 11.6 Å². The van der Waals surface area contributed by atoms with Crippen molar-refractivity contribution in [3.63, 3.8) is 0 Å². The topological polar surface area (TPSA) is 76.1 Å². The summed E-state index contributed by atoms with van der Waals surface area (Å²) in [7, 11) is 0. The van der Waals surface area contributed by atoms with Gasteiger partial charge in [-0.25, -0.2) is 0 Å². The zero-order valence-electron chi connectivity index (χ0n) is 19.5. The number of carbonyl (C=O) groups excluding carboxylic acids is 2. The molecule has 1 fully saturated rings. The number of hydrogen-bond donors (Lipinski definition) is 1. The SMILES string of the molecule is CC(C)(C)c1ccc(C2/C(=C(\O)c3cccc(Cl)c3)C(=O)C(=O)N2c2ccc3c(c2)OCO3)cc1. The Bertz CT molecular complexity index is 1370. The molecule has 0 saturated carbocycles. The van der Waals surface area contributed by atoms with E-state index in [4.69, 9.17) is 21.1 Å². The molecule has 1 atom stereocenters. The Labute approximate surface area is 208 Å². The van der Waals surface area contributed by atoms with E-state index in [0.717, 1.165) is 5.56 Å². The molecule has 1 saturated heterocycles. The van der Waals surface area contributed by atoms with Crippen molar-refractivity contribution < 1.29 is 24.2 Å². The highest BCUT2D eigenvalue weighted by Crippen LogP contribution is 2.45. The number of hydrogen-bond acceptors (Lipinski definition) is 5. The largest absolute Gasteiger partial charge is 0.507 e. The first-order valence-corrected chi connectivity index (χ1v) is 11.6. The number of nitrogens with zero attached hydrogens (tertiary/aromatic N) is 1. The van der Waals surface area contributed by atoms with Gasteiger partial charge in [-0.15, -0.1) is 0 Å². The van der Waals surface area contributed by atoms with E-state index < -0.39 is 17.7 Å². The Morgan fingerprint density at radius 3 is 2.37 bits per heavy atom. The monoisotopic (exact) mass is 489 g/mol. The predicted octanol–water partition coefficient (Wildman–Crippen LogP) is 5.99. The summed E-state index contributed by atoms with van der Waals surface area (Å²) in [5.74, 6) is -0.738. The van der Waals surface area contributed by atoms with Crippen molar-refractivity contribution in [2.45, 2.75) is 32.2 Å². The van der Waals surface area contributed by atoms with Gasteiger partial charge in [0.2, 0.25) is 6.79 Å². The van der Waals surface area contributed by atoms with Crippen LogP contribution in [0.4, 0.5) is 5.69 Å². The lowest BCUT2D eigenvalue weighted by molar-refractivity contribution is -0.132. The van der Waals surface area contributed by atoms with Crippen molar-refractivity contribution in [3.8, 4) is 11.5 Å². The van der Waals surface area contributed by atoms with Crippen LogP contribution in [-0.2, 0) is 15.0 Å². The Kier molecular flexibility index (Phi) is 5.56. The van der Waals surface area contributed by atoms with Crippen LogP contribution in [0.2, 0.25) is 5.02 Å². The zero-order valence-corrected chi connectivity index (χ0v) is 20.3. The molecule has 178 valence electrons. The zero-order chi connectivity index (χ0) is 24.9. The van der Waals surface area contributed by atoms with Crippen molar-refractivity contribution in [3.05, 3.63) is 94.0 Å². The molecule has 0 aliphatic carbocycles. The van der Waals surface area contributed by atoms with E-state index in [-0.39, 0.29) is 23.5 Å². The van der Waals surface area contributed by atoms with Crippen LogP contribution < -0.4 is 14.4 Å². The molecule has 1 amide bonds. The number of benzene rings is 3. The number of fused-ring (bicyclic) bond motifs is 1. The summed E-state index contributed by atoms with van der Waals surface area (Å²) in [4.78, 5) is 28.1. The molecular weight excluding hydrogens is 466 g/mol. The van der Waals surface area contributed by atoms with Gasteiger partial charge in [-0.05, 0) is 40.8 Å². The second kappa shape index (κ2) is 8.47. The van der Waals surface area contributed by atoms with Gasteiger partial charge in [0.15, 0.2) is 11.5 Å². The summed E-state index contributed by atoms with van der Waals surface area (Å²) < 4.78 is 10.9. The molecule has 3 aromatic carbocycles. The number of carbonyl (C=O) groups is 2. The van der Waals surface area contributed by atoms with Gasteiger partial charge in [-0.1, -0.05) is 68.8 Å². The average Bonchev–Trinajstić information content (AvgIpc) is 3.40. The second-order valence-electron chi connectivity index (χ2n) is 9.59. The average molecular weight is 490 g/mol. The molecular formula is C28H24ClNO5.